The summed E-state index contributed by atoms with van der Waals surface area (Å²) in [5, 5.41) is 11.9. The van der Waals surface area contributed by atoms with Gasteiger partial charge < -0.3 is 9.55 Å². The van der Waals surface area contributed by atoms with Gasteiger partial charge in [0.25, 0.3) is 5.56 Å². The number of aromatic nitrogens is 5. The van der Waals surface area contributed by atoms with E-state index in [4.69, 9.17) is 0 Å². The normalized spacial score (nSPS) is 11.5. The maximum Gasteiger partial charge on any atom is 0.260 e. The van der Waals surface area contributed by atoms with Crippen LogP contribution in [0, 0.1) is 6.92 Å². The molecular formula is C17H17N5OS3. The highest BCUT2D eigenvalue weighted by molar-refractivity contribution is 7.98. The van der Waals surface area contributed by atoms with Gasteiger partial charge in [0.05, 0.1) is 11.1 Å². The van der Waals surface area contributed by atoms with Gasteiger partial charge in [-0.15, -0.1) is 32.9 Å². The van der Waals surface area contributed by atoms with E-state index in [0.29, 0.717) is 17.0 Å². The first-order chi connectivity index (χ1) is 12.6. The Kier molecular flexibility index (Phi) is 4.68. The van der Waals surface area contributed by atoms with Crippen LogP contribution >= 0.6 is 34.4 Å². The van der Waals surface area contributed by atoms with E-state index in [1.54, 1.807) is 11.3 Å². The van der Waals surface area contributed by atoms with Gasteiger partial charge in [0.1, 0.15) is 16.5 Å². The standard InChI is InChI=1S/C17H17N5OS3/c1-4-13-20-21-17(22(13)3)25-8-12-18-15(23)14-10(7-24-16(14)19-12)11-6-5-9(2)26-11/h5-7H,4,8H2,1-3H3,(H,18,19,23). The summed E-state index contributed by atoms with van der Waals surface area (Å²) in [6, 6.07) is 4.13. The van der Waals surface area contributed by atoms with Gasteiger partial charge in [-0.25, -0.2) is 4.98 Å². The van der Waals surface area contributed by atoms with Crippen molar-refractivity contribution in [3.8, 4) is 10.4 Å². The van der Waals surface area contributed by atoms with Crippen LogP contribution in [0.25, 0.3) is 20.7 Å². The molecule has 0 bridgehead atoms. The Bertz CT molecular complexity index is 1140. The molecule has 0 aromatic carbocycles. The van der Waals surface area contributed by atoms with Gasteiger partial charge in [-0.2, -0.15) is 0 Å². The maximum absolute atomic E-state index is 12.7. The molecule has 0 fully saturated rings. The van der Waals surface area contributed by atoms with Crippen molar-refractivity contribution in [2.45, 2.75) is 31.2 Å². The summed E-state index contributed by atoms with van der Waals surface area (Å²) in [5.41, 5.74) is 0.886. The summed E-state index contributed by atoms with van der Waals surface area (Å²) in [6.07, 6.45) is 0.839. The molecular weight excluding hydrogens is 386 g/mol. The van der Waals surface area contributed by atoms with Crippen LogP contribution in [-0.4, -0.2) is 24.7 Å². The van der Waals surface area contributed by atoms with Crippen molar-refractivity contribution in [2.24, 2.45) is 7.05 Å². The number of fused-ring (bicyclic) bond motifs is 1. The van der Waals surface area contributed by atoms with Crippen molar-refractivity contribution in [3.63, 3.8) is 0 Å². The van der Waals surface area contributed by atoms with E-state index >= 15 is 0 Å². The van der Waals surface area contributed by atoms with Crippen LogP contribution in [0.4, 0.5) is 0 Å². The van der Waals surface area contributed by atoms with Gasteiger partial charge in [-0.1, -0.05) is 18.7 Å². The summed E-state index contributed by atoms with van der Waals surface area (Å²) < 4.78 is 1.98. The minimum absolute atomic E-state index is 0.0832. The third kappa shape index (κ3) is 3.10. The SMILES string of the molecule is CCc1nnc(SCc2nc3scc(-c4ccc(C)s4)c3c(=O)[nH]2)n1C. The summed E-state index contributed by atoms with van der Waals surface area (Å²) in [6.45, 7) is 4.12. The highest BCUT2D eigenvalue weighted by atomic mass is 32.2. The third-order valence-corrected chi connectivity index (χ3v) is 7.02. The van der Waals surface area contributed by atoms with Crippen molar-refractivity contribution in [2.75, 3.05) is 0 Å². The van der Waals surface area contributed by atoms with Gasteiger partial charge in [0.2, 0.25) is 0 Å². The van der Waals surface area contributed by atoms with Crippen LogP contribution in [0.2, 0.25) is 0 Å². The highest BCUT2D eigenvalue weighted by Gasteiger charge is 2.15. The van der Waals surface area contributed by atoms with Crippen LogP contribution in [0.1, 0.15) is 23.4 Å². The molecule has 0 atom stereocenters. The molecule has 0 amide bonds. The lowest BCUT2D eigenvalue weighted by molar-refractivity contribution is 0.741. The van der Waals surface area contributed by atoms with E-state index in [0.717, 1.165) is 32.7 Å². The Morgan fingerprint density at radius 1 is 1.31 bits per heavy atom. The molecule has 6 nitrogen and oxygen atoms in total. The zero-order valence-corrected chi connectivity index (χ0v) is 17.0. The quantitative estimate of drug-likeness (QED) is 0.510. The number of nitrogens with zero attached hydrogens (tertiary/aromatic N) is 4. The van der Waals surface area contributed by atoms with E-state index in [9.17, 15) is 4.79 Å². The number of nitrogens with one attached hydrogen (secondary N) is 1. The molecule has 0 aliphatic rings. The fourth-order valence-electron chi connectivity index (χ4n) is 2.73. The first-order valence-electron chi connectivity index (χ1n) is 8.15. The van der Waals surface area contributed by atoms with Crippen LogP contribution in [0.5, 0.6) is 0 Å². The molecule has 9 heteroatoms. The predicted molar refractivity (Wildman–Crippen MR) is 108 cm³/mol. The van der Waals surface area contributed by atoms with Gasteiger partial charge in [0, 0.05) is 34.2 Å². The lowest BCUT2D eigenvalue weighted by Gasteiger charge is -2.03. The monoisotopic (exact) mass is 403 g/mol. The smallest absolute Gasteiger partial charge is 0.260 e. The lowest BCUT2D eigenvalue weighted by atomic mass is 10.2. The van der Waals surface area contributed by atoms with E-state index in [1.165, 1.54) is 28.0 Å². The van der Waals surface area contributed by atoms with E-state index in [-0.39, 0.29) is 5.56 Å². The topological polar surface area (TPSA) is 76.5 Å². The van der Waals surface area contributed by atoms with Crippen molar-refractivity contribution in [3.05, 3.63) is 44.4 Å². The minimum atomic E-state index is -0.0832. The largest absolute Gasteiger partial charge is 0.309 e. The number of aromatic amines is 1. The number of thioether (sulfide) groups is 1. The molecule has 134 valence electrons. The maximum atomic E-state index is 12.7. The van der Waals surface area contributed by atoms with Crippen LogP contribution < -0.4 is 5.56 Å². The lowest BCUT2D eigenvalue weighted by Crippen LogP contribution is -2.10. The Morgan fingerprint density at radius 3 is 2.85 bits per heavy atom. The Hall–Kier alpha value is -1.97. The molecule has 26 heavy (non-hydrogen) atoms. The van der Waals surface area contributed by atoms with Crippen molar-refractivity contribution >= 4 is 44.7 Å². The molecule has 1 N–H and O–H groups in total. The average molecular weight is 404 g/mol. The molecule has 0 aliphatic carbocycles. The predicted octanol–water partition coefficient (Wildman–Crippen LogP) is 4.00. The number of hydrogen-bond acceptors (Lipinski definition) is 7. The summed E-state index contributed by atoms with van der Waals surface area (Å²) >= 11 is 4.73. The first kappa shape index (κ1) is 17.4. The Morgan fingerprint density at radius 2 is 2.15 bits per heavy atom. The third-order valence-electron chi connectivity index (χ3n) is 4.08. The van der Waals surface area contributed by atoms with Crippen molar-refractivity contribution in [1.29, 1.82) is 0 Å². The van der Waals surface area contributed by atoms with E-state index in [1.807, 2.05) is 17.0 Å². The van der Waals surface area contributed by atoms with E-state index in [2.05, 4.69) is 46.1 Å². The Balaban J connectivity index is 1.63. The number of hydrogen-bond donors (Lipinski definition) is 1. The Labute approximate surface area is 162 Å². The van der Waals surface area contributed by atoms with Gasteiger partial charge in [-0.3, -0.25) is 4.79 Å². The number of H-pyrrole nitrogens is 1. The second kappa shape index (κ2) is 6.98. The van der Waals surface area contributed by atoms with Gasteiger partial charge in [-0.05, 0) is 19.1 Å². The van der Waals surface area contributed by atoms with E-state index < -0.39 is 0 Å². The molecule has 4 heterocycles. The van der Waals surface area contributed by atoms with Gasteiger partial charge >= 0.3 is 0 Å². The van der Waals surface area contributed by atoms with Crippen LogP contribution in [0.3, 0.4) is 0 Å². The fraction of sp³-hybridized carbons (Fsp3) is 0.294. The number of aryl methyl sites for hydroxylation is 2. The van der Waals surface area contributed by atoms with Crippen LogP contribution in [0.15, 0.2) is 27.5 Å². The highest BCUT2D eigenvalue weighted by Crippen LogP contribution is 2.35. The second-order valence-electron chi connectivity index (χ2n) is 5.85. The molecule has 4 aromatic rings. The molecule has 0 spiro atoms. The van der Waals surface area contributed by atoms with Crippen molar-refractivity contribution < 1.29 is 0 Å². The first-order valence-corrected chi connectivity index (χ1v) is 10.8. The fourth-order valence-corrected chi connectivity index (χ4v) is 5.46. The molecule has 0 saturated carbocycles. The van der Waals surface area contributed by atoms with Crippen molar-refractivity contribution in [1.82, 2.24) is 24.7 Å². The zero-order valence-electron chi connectivity index (χ0n) is 14.6. The number of rotatable bonds is 5. The van der Waals surface area contributed by atoms with Crippen LogP contribution in [-0.2, 0) is 19.2 Å². The summed E-state index contributed by atoms with van der Waals surface area (Å²) in [7, 11) is 1.95. The number of thiophene rings is 2. The molecule has 0 radical (unpaired) electrons. The second-order valence-corrected chi connectivity index (χ2v) is 8.94. The molecule has 0 saturated heterocycles. The molecule has 4 rings (SSSR count). The minimum Gasteiger partial charge on any atom is -0.309 e. The molecule has 4 aromatic heterocycles. The summed E-state index contributed by atoms with van der Waals surface area (Å²) in [5.74, 6) is 2.15. The average Bonchev–Trinajstić information content (AvgIpc) is 3.31. The summed E-state index contributed by atoms with van der Waals surface area (Å²) in [4.78, 5) is 23.4. The molecule has 0 aliphatic heterocycles. The molecule has 0 unspecified atom stereocenters. The van der Waals surface area contributed by atoms with Gasteiger partial charge in [0.15, 0.2) is 5.16 Å². The zero-order chi connectivity index (χ0) is 18.3.